The van der Waals surface area contributed by atoms with Crippen LogP contribution in [0.5, 0.6) is 0 Å². The first-order valence-corrected chi connectivity index (χ1v) is 5.99. The lowest BCUT2D eigenvalue weighted by Crippen LogP contribution is -2.27. The Morgan fingerprint density at radius 2 is 2.05 bits per heavy atom. The Kier molecular flexibility index (Phi) is 4.20. The minimum absolute atomic E-state index is 0.286. The fourth-order valence-corrected chi connectivity index (χ4v) is 1.60. The van der Waals surface area contributed by atoms with Crippen molar-refractivity contribution in [2.75, 3.05) is 5.32 Å². The Balaban J connectivity index is 1.84. The molecule has 1 aromatic carbocycles. The van der Waals surface area contributed by atoms with Gasteiger partial charge in [0.15, 0.2) is 0 Å². The smallest absolute Gasteiger partial charge is 0.319 e. The standard InChI is InChI=1S/C14H16N2O3/c1-10(17)12-2-4-13(5-3-12)16-14(18)15-8-11-6-7-19-9-11/h2-7,9-10,17H,8H2,1H3,(H2,15,16,18). The molecule has 0 saturated heterocycles. The van der Waals surface area contributed by atoms with Crippen LogP contribution in [-0.2, 0) is 6.54 Å². The number of amides is 2. The van der Waals surface area contributed by atoms with Crippen LogP contribution in [0.15, 0.2) is 47.3 Å². The lowest BCUT2D eigenvalue weighted by atomic mass is 10.1. The molecule has 19 heavy (non-hydrogen) atoms. The molecule has 0 aliphatic carbocycles. The summed E-state index contributed by atoms with van der Waals surface area (Å²) in [7, 11) is 0. The highest BCUT2D eigenvalue weighted by atomic mass is 16.3. The number of carbonyl (C=O) groups is 1. The van der Waals surface area contributed by atoms with Crippen LogP contribution in [0.1, 0.15) is 24.2 Å². The van der Waals surface area contributed by atoms with E-state index in [-0.39, 0.29) is 6.03 Å². The number of urea groups is 1. The number of furan rings is 1. The predicted octanol–water partition coefficient (Wildman–Crippen LogP) is 2.65. The molecule has 0 aliphatic heterocycles. The van der Waals surface area contributed by atoms with Gasteiger partial charge in [0, 0.05) is 17.8 Å². The molecule has 0 fully saturated rings. The van der Waals surface area contributed by atoms with Crippen molar-refractivity contribution in [1.29, 1.82) is 0 Å². The highest BCUT2D eigenvalue weighted by Gasteiger charge is 2.04. The van der Waals surface area contributed by atoms with Crippen LogP contribution in [0, 0.1) is 0 Å². The molecule has 2 amide bonds. The Labute approximate surface area is 111 Å². The largest absolute Gasteiger partial charge is 0.472 e. The van der Waals surface area contributed by atoms with Crippen molar-refractivity contribution in [3.63, 3.8) is 0 Å². The quantitative estimate of drug-likeness (QED) is 0.791. The SMILES string of the molecule is CC(O)c1ccc(NC(=O)NCc2ccoc2)cc1. The van der Waals surface area contributed by atoms with E-state index in [1.165, 1.54) is 0 Å². The average Bonchev–Trinajstić information content (AvgIpc) is 2.90. The number of carbonyl (C=O) groups excluding carboxylic acids is 1. The zero-order valence-corrected chi connectivity index (χ0v) is 10.6. The van der Waals surface area contributed by atoms with Crippen molar-refractivity contribution in [3.8, 4) is 0 Å². The minimum Gasteiger partial charge on any atom is -0.472 e. The predicted molar refractivity (Wildman–Crippen MR) is 71.6 cm³/mol. The van der Waals surface area contributed by atoms with E-state index in [2.05, 4.69) is 10.6 Å². The van der Waals surface area contributed by atoms with Crippen molar-refractivity contribution in [1.82, 2.24) is 5.32 Å². The van der Waals surface area contributed by atoms with Gasteiger partial charge in [0.2, 0.25) is 0 Å². The summed E-state index contributed by atoms with van der Waals surface area (Å²) >= 11 is 0. The molecule has 1 atom stereocenters. The van der Waals surface area contributed by atoms with E-state index < -0.39 is 6.10 Å². The summed E-state index contributed by atoms with van der Waals surface area (Å²) in [6, 6.07) is 8.55. The van der Waals surface area contributed by atoms with Crippen LogP contribution in [0.25, 0.3) is 0 Å². The van der Waals surface area contributed by atoms with Gasteiger partial charge in [-0.25, -0.2) is 4.79 Å². The number of anilines is 1. The second-order valence-corrected chi connectivity index (χ2v) is 4.24. The zero-order valence-electron chi connectivity index (χ0n) is 10.6. The summed E-state index contributed by atoms with van der Waals surface area (Å²) in [5.74, 6) is 0. The maximum Gasteiger partial charge on any atom is 0.319 e. The number of nitrogens with one attached hydrogen (secondary N) is 2. The lowest BCUT2D eigenvalue weighted by molar-refractivity contribution is 0.199. The molecule has 0 aliphatic rings. The van der Waals surface area contributed by atoms with Gasteiger partial charge in [0.1, 0.15) is 0 Å². The molecule has 0 bridgehead atoms. The van der Waals surface area contributed by atoms with Crippen LogP contribution >= 0.6 is 0 Å². The summed E-state index contributed by atoms with van der Waals surface area (Å²) < 4.78 is 4.91. The number of hydrogen-bond donors (Lipinski definition) is 3. The molecule has 3 N–H and O–H groups in total. The Bertz CT molecular complexity index is 518. The van der Waals surface area contributed by atoms with E-state index in [4.69, 9.17) is 4.42 Å². The first kappa shape index (κ1) is 13.2. The Morgan fingerprint density at radius 3 is 2.63 bits per heavy atom. The van der Waals surface area contributed by atoms with Gasteiger partial charge < -0.3 is 20.2 Å². The third-order valence-electron chi connectivity index (χ3n) is 2.68. The number of rotatable bonds is 4. The molecule has 0 saturated carbocycles. The van der Waals surface area contributed by atoms with Gasteiger partial charge in [-0.1, -0.05) is 12.1 Å². The molecule has 5 nitrogen and oxygen atoms in total. The fourth-order valence-electron chi connectivity index (χ4n) is 1.60. The number of hydrogen-bond acceptors (Lipinski definition) is 3. The molecule has 1 unspecified atom stereocenters. The van der Waals surface area contributed by atoms with Crippen molar-refractivity contribution in [3.05, 3.63) is 54.0 Å². The molecule has 100 valence electrons. The number of benzene rings is 1. The van der Waals surface area contributed by atoms with Gasteiger partial charge >= 0.3 is 6.03 Å². The van der Waals surface area contributed by atoms with E-state index in [1.807, 2.05) is 0 Å². The summed E-state index contributed by atoms with van der Waals surface area (Å²) in [6.45, 7) is 2.11. The van der Waals surface area contributed by atoms with Crippen LogP contribution in [0.2, 0.25) is 0 Å². The van der Waals surface area contributed by atoms with Crippen molar-refractivity contribution < 1.29 is 14.3 Å². The number of aliphatic hydroxyl groups excluding tert-OH is 1. The molecule has 2 aromatic rings. The fraction of sp³-hybridized carbons (Fsp3) is 0.214. The first-order chi connectivity index (χ1) is 9.15. The van der Waals surface area contributed by atoms with Crippen molar-refractivity contribution in [2.45, 2.75) is 19.6 Å². The topological polar surface area (TPSA) is 74.5 Å². The van der Waals surface area contributed by atoms with Gasteiger partial charge in [0.05, 0.1) is 18.6 Å². The summed E-state index contributed by atoms with van der Waals surface area (Å²) in [5.41, 5.74) is 2.39. The molecule has 1 heterocycles. The molecular formula is C14H16N2O3. The van der Waals surface area contributed by atoms with E-state index in [0.29, 0.717) is 12.2 Å². The zero-order chi connectivity index (χ0) is 13.7. The van der Waals surface area contributed by atoms with Crippen LogP contribution < -0.4 is 10.6 Å². The third kappa shape index (κ3) is 3.86. The van der Waals surface area contributed by atoms with Crippen LogP contribution in [0.4, 0.5) is 10.5 Å². The van der Waals surface area contributed by atoms with E-state index in [9.17, 15) is 9.90 Å². The normalized spacial score (nSPS) is 11.9. The second kappa shape index (κ2) is 6.06. The molecule has 1 aromatic heterocycles. The van der Waals surface area contributed by atoms with Gasteiger partial charge in [0.25, 0.3) is 0 Å². The van der Waals surface area contributed by atoms with Crippen LogP contribution in [0.3, 0.4) is 0 Å². The Hall–Kier alpha value is -2.27. The maximum atomic E-state index is 11.6. The monoisotopic (exact) mass is 260 g/mol. The van der Waals surface area contributed by atoms with E-state index in [1.54, 1.807) is 49.8 Å². The highest BCUT2D eigenvalue weighted by Crippen LogP contribution is 2.15. The second-order valence-electron chi connectivity index (χ2n) is 4.24. The average molecular weight is 260 g/mol. The molecule has 2 rings (SSSR count). The molecule has 5 heteroatoms. The third-order valence-corrected chi connectivity index (χ3v) is 2.68. The lowest BCUT2D eigenvalue weighted by Gasteiger charge is -2.08. The Morgan fingerprint density at radius 1 is 1.32 bits per heavy atom. The summed E-state index contributed by atoms with van der Waals surface area (Å²) in [4.78, 5) is 11.6. The molecular weight excluding hydrogens is 244 g/mol. The van der Waals surface area contributed by atoms with Gasteiger partial charge in [-0.3, -0.25) is 0 Å². The van der Waals surface area contributed by atoms with Crippen LogP contribution in [-0.4, -0.2) is 11.1 Å². The minimum atomic E-state index is -0.510. The van der Waals surface area contributed by atoms with Gasteiger partial charge in [-0.05, 0) is 30.7 Å². The van der Waals surface area contributed by atoms with Gasteiger partial charge in [-0.15, -0.1) is 0 Å². The van der Waals surface area contributed by atoms with Crippen molar-refractivity contribution in [2.24, 2.45) is 0 Å². The first-order valence-electron chi connectivity index (χ1n) is 5.99. The van der Waals surface area contributed by atoms with E-state index >= 15 is 0 Å². The summed E-state index contributed by atoms with van der Waals surface area (Å²) in [5, 5.41) is 14.8. The molecule has 0 radical (unpaired) electrons. The highest BCUT2D eigenvalue weighted by molar-refractivity contribution is 5.89. The van der Waals surface area contributed by atoms with E-state index in [0.717, 1.165) is 11.1 Å². The summed E-state index contributed by atoms with van der Waals surface area (Å²) in [6.07, 6.45) is 2.63. The maximum absolute atomic E-state index is 11.6. The number of aliphatic hydroxyl groups is 1. The van der Waals surface area contributed by atoms with Gasteiger partial charge in [-0.2, -0.15) is 0 Å². The van der Waals surface area contributed by atoms with Crippen molar-refractivity contribution >= 4 is 11.7 Å². The molecule has 0 spiro atoms.